The zero-order valence-electron chi connectivity index (χ0n) is 15.2. The molecule has 1 aliphatic rings. The molecule has 0 radical (unpaired) electrons. The van der Waals surface area contributed by atoms with E-state index in [-0.39, 0.29) is 17.9 Å². The highest BCUT2D eigenvalue weighted by Crippen LogP contribution is 2.36. The zero-order valence-corrected chi connectivity index (χ0v) is 15.2. The Kier molecular flexibility index (Phi) is 4.38. The van der Waals surface area contributed by atoms with Crippen molar-refractivity contribution in [1.82, 2.24) is 0 Å². The Labute approximate surface area is 149 Å². The lowest BCUT2D eigenvalue weighted by Crippen LogP contribution is -2.51. The molecule has 4 nitrogen and oxygen atoms in total. The van der Waals surface area contributed by atoms with E-state index in [1.165, 1.54) is 0 Å². The number of carbonyl (C=O) groups excluding carboxylic acids is 2. The summed E-state index contributed by atoms with van der Waals surface area (Å²) in [7, 11) is 1.72. The molecule has 1 atom stereocenters. The Morgan fingerprint density at radius 1 is 1.04 bits per heavy atom. The highest BCUT2D eigenvalue weighted by molar-refractivity contribution is 6.16. The fraction of sp³-hybridized carbons (Fsp3) is 0.333. The Morgan fingerprint density at radius 3 is 2.32 bits per heavy atom. The van der Waals surface area contributed by atoms with E-state index in [9.17, 15) is 9.59 Å². The predicted octanol–water partition coefficient (Wildman–Crippen LogP) is 3.65. The number of benzene rings is 2. The molecule has 1 aliphatic heterocycles. The molecule has 0 aliphatic carbocycles. The molecule has 0 saturated heterocycles. The molecule has 25 heavy (non-hydrogen) atoms. The Bertz CT molecular complexity index is 799. The lowest BCUT2D eigenvalue weighted by atomic mass is 9.89. The number of rotatable bonds is 3. The van der Waals surface area contributed by atoms with Gasteiger partial charge in [0.15, 0.2) is 0 Å². The van der Waals surface area contributed by atoms with Crippen LogP contribution in [0.4, 0.5) is 11.4 Å². The highest BCUT2D eigenvalue weighted by Gasteiger charge is 2.45. The third-order valence-corrected chi connectivity index (χ3v) is 4.94. The second-order valence-electron chi connectivity index (χ2n) is 7.18. The minimum Gasteiger partial charge on any atom is -0.315 e. The number of carbonyl (C=O) groups is 2. The standard InChI is InChI=1S/C21H24N2O2/c1-15-14-16-10-8-9-13-18(16)23(15)20(25)21(2,3)19(24)22(4)17-11-6-5-7-12-17/h5-13,15H,14H2,1-4H3. The van der Waals surface area contributed by atoms with Gasteiger partial charge in [0.2, 0.25) is 11.8 Å². The number of fused-ring (bicyclic) bond motifs is 1. The van der Waals surface area contributed by atoms with Gasteiger partial charge >= 0.3 is 0 Å². The third-order valence-electron chi connectivity index (χ3n) is 4.94. The van der Waals surface area contributed by atoms with Crippen LogP contribution in [0.15, 0.2) is 54.6 Å². The second kappa shape index (κ2) is 6.36. The summed E-state index contributed by atoms with van der Waals surface area (Å²) < 4.78 is 0. The van der Waals surface area contributed by atoms with Crippen molar-refractivity contribution in [1.29, 1.82) is 0 Å². The number of para-hydroxylation sites is 2. The van der Waals surface area contributed by atoms with E-state index < -0.39 is 5.41 Å². The van der Waals surface area contributed by atoms with E-state index in [0.717, 1.165) is 23.4 Å². The monoisotopic (exact) mass is 336 g/mol. The van der Waals surface area contributed by atoms with Crippen molar-refractivity contribution in [3.63, 3.8) is 0 Å². The first-order valence-corrected chi connectivity index (χ1v) is 8.59. The predicted molar refractivity (Wildman–Crippen MR) is 101 cm³/mol. The van der Waals surface area contributed by atoms with E-state index in [1.54, 1.807) is 30.7 Å². The molecule has 130 valence electrons. The quantitative estimate of drug-likeness (QED) is 0.803. The van der Waals surface area contributed by atoms with Crippen molar-refractivity contribution in [2.45, 2.75) is 33.2 Å². The number of nitrogens with zero attached hydrogens (tertiary/aromatic N) is 2. The maximum Gasteiger partial charge on any atom is 0.242 e. The Balaban J connectivity index is 1.89. The smallest absolute Gasteiger partial charge is 0.242 e. The molecular formula is C21H24N2O2. The van der Waals surface area contributed by atoms with Gasteiger partial charge in [-0.15, -0.1) is 0 Å². The van der Waals surface area contributed by atoms with Gasteiger partial charge in [0.05, 0.1) is 0 Å². The summed E-state index contributed by atoms with van der Waals surface area (Å²) in [6, 6.07) is 17.4. The minimum atomic E-state index is -1.14. The number of anilines is 2. The van der Waals surface area contributed by atoms with Gasteiger partial charge < -0.3 is 9.80 Å². The fourth-order valence-corrected chi connectivity index (χ4v) is 3.46. The molecule has 0 spiro atoms. The summed E-state index contributed by atoms with van der Waals surface area (Å²) in [6.07, 6.45) is 0.820. The van der Waals surface area contributed by atoms with Crippen LogP contribution < -0.4 is 9.80 Å². The molecule has 1 unspecified atom stereocenters. The minimum absolute atomic E-state index is 0.0546. The van der Waals surface area contributed by atoms with Gasteiger partial charge in [0.25, 0.3) is 0 Å². The molecular weight excluding hydrogens is 312 g/mol. The first-order chi connectivity index (χ1) is 11.8. The molecule has 0 bridgehead atoms. The van der Waals surface area contributed by atoms with Crippen LogP contribution in [0, 0.1) is 5.41 Å². The summed E-state index contributed by atoms with van der Waals surface area (Å²) in [5.74, 6) is -0.363. The van der Waals surface area contributed by atoms with Gasteiger partial charge in [0, 0.05) is 24.5 Å². The van der Waals surface area contributed by atoms with Crippen LogP contribution >= 0.6 is 0 Å². The molecule has 2 amide bonds. The van der Waals surface area contributed by atoms with Crippen LogP contribution in [-0.4, -0.2) is 24.9 Å². The largest absolute Gasteiger partial charge is 0.315 e. The summed E-state index contributed by atoms with van der Waals surface area (Å²) >= 11 is 0. The second-order valence-corrected chi connectivity index (χ2v) is 7.18. The molecule has 0 saturated carbocycles. The van der Waals surface area contributed by atoms with Crippen molar-refractivity contribution < 1.29 is 9.59 Å². The summed E-state index contributed by atoms with van der Waals surface area (Å²) in [6.45, 7) is 5.45. The van der Waals surface area contributed by atoms with Crippen molar-refractivity contribution in [2.24, 2.45) is 5.41 Å². The van der Waals surface area contributed by atoms with Crippen LogP contribution in [0.25, 0.3) is 0 Å². The van der Waals surface area contributed by atoms with Crippen LogP contribution in [0.5, 0.6) is 0 Å². The van der Waals surface area contributed by atoms with Crippen molar-refractivity contribution in [2.75, 3.05) is 16.8 Å². The fourth-order valence-electron chi connectivity index (χ4n) is 3.46. The third kappa shape index (κ3) is 2.93. The number of hydrogen-bond acceptors (Lipinski definition) is 2. The summed E-state index contributed by atoms with van der Waals surface area (Å²) in [5.41, 5.74) is 1.71. The van der Waals surface area contributed by atoms with Crippen LogP contribution in [0.3, 0.4) is 0 Å². The average molecular weight is 336 g/mol. The molecule has 0 N–H and O–H groups in total. The summed E-state index contributed by atoms with van der Waals surface area (Å²) in [5, 5.41) is 0. The first-order valence-electron chi connectivity index (χ1n) is 8.59. The van der Waals surface area contributed by atoms with E-state index >= 15 is 0 Å². The SMILES string of the molecule is CC1Cc2ccccc2N1C(=O)C(C)(C)C(=O)N(C)c1ccccc1. The Morgan fingerprint density at radius 2 is 1.64 bits per heavy atom. The normalized spacial score (nSPS) is 16.5. The number of amides is 2. The topological polar surface area (TPSA) is 40.6 Å². The molecule has 2 aromatic carbocycles. The van der Waals surface area contributed by atoms with Gasteiger partial charge in [-0.05, 0) is 51.0 Å². The zero-order chi connectivity index (χ0) is 18.2. The van der Waals surface area contributed by atoms with Crippen LogP contribution in [-0.2, 0) is 16.0 Å². The van der Waals surface area contributed by atoms with Crippen molar-refractivity contribution in [3.8, 4) is 0 Å². The van der Waals surface area contributed by atoms with E-state index in [0.29, 0.717) is 0 Å². The lowest BCUT2D eigenvalue weighted by molar-refractivity contribution is -0.138. The van der Waals surface area contributed by atoms with Crippen molar-refractivity contribution >= 4 is 23.2 Å². The van der Waals surface area contributed by atoms with Crippen LogP contribution in [0.2, 0.25) is 0 Å². The molecule has 4 heteroatoms. The maximum absolute atomic E-state index is 13.3. The first kappa shape index (κ1) is 17.2. The molecule has 3 rings (SSSR count). The lowest BCUT2D eigenvalue weighted by Gasteiger charge is -2.34. The molecule has 0 aromatic heterocycles. The van der Waals surface area contributed by atoms with Gasteiger partial charge in [-0.1, -0.05) is 36.4 Å². The van der Waals surface area contributed by atoms with E-state index in [1.807, 2.05) is 61.5 Å². The number of hydrogen-bond donors (Lipinski definition) is 0. The molecule has 2 aromatic rings. The van der Waals surface area contributed by atoms with Gasteiger partial charge in [-0.2, -0.15) is 0 Å². The highest BCUT2D eigenvalue weighted by atomic mass is 16.2. The molecule has 0 fully saturated rings. The summed E-state index contributed by atoms with van der Waals surface area (Å²) in [4.78, 5) is 29.7. The molecule has 1 heterocycles. The van der Waals surface area contributed by atoms with Gasteiger partial charge in [0.1, 0.15) is 5.41 Å². The van der Waals surface area contributed by atoms with E-state index in [4.69, 9.17) is 0 Å². The maximum atomic E-state index is 13.3. The average Bonchev–Trinajstić information content (AvgIpc) is 2.96. The van der Waals surface area contributed by atoms with Crippen molar-refractivity contribution in [3.05, 3.63) is 60.2 Å². The van der Waals surface area contributed by atoms with Gasteiger partial charge in [-0.25, -0.2) is 0 Å². The van der Waals surface area contributed by atoms with E-state index in [2.05, 4.69) is 0 Å². The Hall–Kier alpha value is -2.62. The van der Waals surface area contributed by atoms with Gasteiger partial charge in [-0.3, -0.25) is 9.59 Å². The van der Waals surface area contributed by atoms with Crippen LogP contribution in [0.1, 0.15) is 26.3 Å².